The molecule has 0 unspecified atom stereocenters. The summed E-state index contributed by atoms with van der Waals surface area (Å²) in [5, 5.41) is 14.6. The first-order chi connectivity index (χ1) is 8.49. The number of hydrogen-bond acceptors (Lipinski definition) is 5. The molecular formula is C11H16N4O2S. The molecule has 0 bridgehead atoms. The van der Waals surface area contributed by atoms with Crippen LogP contribution in [-0.2, 0) is 11.3 Å². The van der Waals surface area contributed by atoms with Gasteiger partial charge >= 0.3 is 0 Å². The lowest BCUT2D eigenvalue weighted by Crippen LogP contribution is -2.41. The Morgan fingerprint density at radius 3 is 2.83 bits per heavy atom. The number of nitrogens with two attached hydrogens (primary N) is 1. The second-order valence-corrected chi connectivity index (χ2v) is 5.65. The van der Waals surface area contributed by atoms with Crippen molar-refractivity contribution in [1.82, 2.24) is 9.88 Å². The van der Waals surface area contributed by atoms with Crippen LogP contribution in [0.2, 0.25) is 0 Å². The number of aromatic nitrogens is 1. The van der Waals surface area contributed by atoms with Crippen LogP contribution in [0.4, 0.5) is 0 Å². The molecule has 1 saturated carbocycles. The van der Waals surface area contributed by atoms with Gasteiger partial charge in [0.15, 0.2) is 5.84 Å². The van der Waals surface area contributed by atoms with Crippen LogP contribution in [-0.4, -0.2) is 33.9 Å². The van der Waals surface area contributed by atoms with Crippen molar-refractivity contribution in [3.05, 3.63) is 16.1 Å². The monoisotopic (exact) mass is 268 g/mol. The van der Waals surface area contributed by atoms with Crippen LogP contribution >= 0.6 is 11.3 Å². The van der Waals surface area contributed by atoms with Gasteiger partial charge in [0.2, 0.25) is 5.91 Å². The number of rotatable bonds is 4. The van der Waals surface area contributed by atoms with Gasteiger partial charge in [-0.15, -0.1) is 11.3 Å². The Labute approximate surface area is 109 Å². The third-order valence-corrected chi connectivity index (χ3v) is 3.99. The van der Waals surface area contributed by atoms with Crippen molar-refractivity contribution in [3.8, 4) is 0 Å². The van der Waals surface area contributed by atoms with Gasteiger partial charge in [-0.05, 0) is 19.8 Å². The van der Waals surface area contributed by atoms with Crippen LogP contribution in [0, 0.1) is 12.3 Å². The summed E-state index contributed by atoms with van der Waals surface area (Å²) < 4.78 is 0. The Bertz CT molecular complexity index is 493. The van der Waals surface area contributed by atoms with Gasteiger partial charge in [-0.2, -0.15) is 0 Å². The van der Waals surface area contributed by atoms with Crippen LogP contribution in [0.15, 0.2) is 10.5 Å². The quantitative estimate of drug-likeness (QED) is 0.368. The van der Waals surface area contributed by atoms with E-state index < -0.39 is 5.41 Å². The second-order valence-electron chi connectivity index (χ2n) is 4.59. The summed E-state index contributed by atoms with van der Waals surface area (Å²) in [6, 6.07) is 0. The van der Waals surface area contributed by atoms with Crippen LogP contribution in [0.25, 0.3) is 0 Å². The third-order valence-electron chi connectivity index (χ3n) is 3.17. The molecule has 3 N–H and O–H groups in total. The molecule has 0 radical (unpaired) electrons. The van der Waals surface area contributed by atoms with E-state index in [9.17, 15) is 4.79 Å². The van der Waals surface area contributed by atoms with Crippen molar-refractivity contribution in [2.75, 3.05) is 7.05 Å². The highest BCUT2D eigenvalue weighted by atomic mass is 32.1. The van der Waals surface area contributed by atoms with Crippen molar-refractivity contribution in [3.63, 3.8) is 0 Å². The van der Waals surface area contributed by atoms with E-state index >= 15 is 0 Å². The molecule has 1 amide bonds. The number of thiazole rings is 1. The molecule has 1 aliphatic rings. The van der Waals surface area contributed by atoms with Crippen molar-refractivity contribution >= 4 is 23.1 Å². The first-order valence-electron chi connectivity index (χ1n) is 5.64. The highest BCUT2D eigenvalue weighted by Gasteiger charge is 2.55. The Morgan fingerprint density at radius 2 is 2.39 bits per heavy atom. The molecule has 1 aromatic rings. The van der Waals surface area contributed by atoms with Crippen LogP contribution < -0.4 is 5.73 Å². The minimum Gasteiger partial charge on any atom is -0.409 e. The van der Waals surface area contributed by atoms with Gasteiger partial charge in [-0.25, -0.2) is 4.98 Å². The summed E-state index contributed by atoms with van der Waals surface area (Å²) in [7, 11) is 1.71. The highest BCUT2D eigenvalue weighted by molar-refractivity contribution is 7.09. The molecule has 1 aliphatic carbocycles. The maximum atomic E-state index is 12.3. The van der Waals surface area contributed by atoms with Gasteiger partial charge in [0.1, 0.15) is 5.41 Å². The van der Waals surface area contributed by atoms with E-state index in [0.717, 1.165) is 10.7 Å². The fourth-order valence-corrected chi connectivity index (χ4v) is 2.57. The predicted octanol–water partition coefficient (Wildman–Crippen LogP) is 0.937. The summed E-state index contributed by atoms with van der Waals surface area (Å²) >= 11 is 1.55. The first kappa shape index (κ1) is 12.8. The smallest absolute Gasteiger partial charge is 0.236 e. The molecule has 0 spiro atoms. The summed E-state index contributed by atoms with van der Waals surface area (Å²) in [6.45, 7) is 2.37. The minimum atomic E-state index is -0.783. The SMILES string of the molecule is Cc1nc(CN(C)C(=O)C2(C(N)=NO)CC2)cs1. The van der Waals surface area contributed by atoms with Gasteiger partial charge in [0.25, 0.3) is 0 Å². The molecule has 98 valence electrons. The van der Waals surface area contributed by atoms with Gasteiger partial charge < -0.3 is 15.8 Å². The van der Waals surface area contributed by atoms with Gasteiger partial charge in [-0.3, -0.25) is 4.79 Å². The molecule has 1 aromatic heterocycles. The summed E-state index contributed by atoms with van der Waals surface area (Å²) in [5.41, 5.74) is 5.67. The van der Waals surface area contributed by atoms with E-state index in [2.05, 4.69) is 10.1 Å². The van der Waals surface area contributed by atoms with Gasteiger partial charge in [-0.1, -0.05) is 5.16 Å². The number of oxime groups is 1. The largest absolute Gasteiger partial charge is 0.409 e. The summed E-state index contributed by atoms with van der Waals surface area (Å²) in [6.07, 6.45) is 1.28. The Balaban J connectivity index is 2.06. The highest BCUT2D eigenvalue weighted by Crippen LogP contribution is 2.47. The standard InChI is InChI=1S/C11H16N4O2S/c1-7-13-8(6-18-7)5-15(2)10(16)11(3-4-11)9(12)14-17/h6,17H,3-5H2,1-2H3,(H2,12,14). The fraction of sp³-hybridized carbons (Fsp3) is 0.545. The van der Waals surface area contributed by atoms with Crippen molar-refractivity contribution in [2.45, 2.75) is 26.3 Å². The van der Waals surface area contributed by atoms with E-state index in [-0.39, 0.29) is 11.7 Å². The lowest BCUT2D eigenvalue weighted by Gasteiger charge is -2.21. The molecule has 0 aromatic carbocycles. The number of carbonyl (C=O) groups is 1. The number of carbonyl (C=O) groups excluding carboxylic acids is 1. The van der Waals surface area contributed by atoms with Gasteiger partial charge in [0, 0.05) is 12.4 Å². The molecule has 6 nitrogen and oxygen atoms in total. The zero-order valence-corrected chi connectivity index (χ0v) is 11.2. The number of amides is 1. The van der Waals surface area contributed by atoms with E-state index in [4.69, 9.17) is 10.9 Å². The zero-order chi connectivity index (χ0) is 13.3. The number of amidine groups is 1. The van der Waals surface area contributed by atoms with Crippen molar-refractivity contribution in [1.29, 1.82) is 0 Å². The lowest BCUT2D eigenvalue weighted by atomic mass is 10.0. The molecule has 1 fully saturated rings. The number of aryl methyl sites for hydroxylation is 1. The molecule has 18 heavy (non-hydrogen) atoms. The second kappa shape index (κ2) is 4.56. The third kappa shape index (κ3) is 2.17. The van der Waals surface area contributed by atoms with E-state index in [1.54, 1.807) is 23.3 Å². The maximum absolute atomic E-state index is 12.3. The van der Waals surface area contributed by atoms with Crippen molar-refractivity contribution in [2.24, 2.45) is 16.3 Å². The Hall–Kier alpha value is -1.63. The molecule has 7 heteroatoms. The zero-order valence-electron chi connectivity index (χ0n) is 10.4. The normalized spacial score (nSPS) is 17.6. The van der Waals surface area contributed by atoms with Crippen LogP contribution in [0.3, 0.4) is 0 Å². The van der Waals surface area contributed by atoms with Crippen LogP contribution in [0.5, 0.6) is 0 Å². The fourth-order valence-electron chi connectivity index (χ4n) is 1.96. The molecule has 0 atom stereocenters. The van der Waals surface area contributed by atoms with E-state index in [1.165, 1.54) is 0 Å². The Morgan fingerprint density at radius 1 is 1.72 bits per heavy atom. The molecule has 1 heterocycles. The van der Waals surface area contributed by atoms with E-state index in [1.807, 2.05) is 12.3 Å². The maximum Gasteiger partial charge on any atom is 0.236 e. The van der Waals surface area contributed by atoms with Crippen LogP contribution in [0.1, 0.15) is 23.5 Å². The molecular weight excluding hydrogens is 252 g/mol. The average Bonchev–Trinajstić information content (AvgIpc) is 3.07. The molecule has 0 aliphatic heterocycles. The molecule has 0 saturated heterocycles. The summed E-state index contributed by atoms with van der Waals surface area (Å²) in [5.74, 6) is -0.0998. The minimum absolute atomic E-state index is 0.00816. The number of hydrogen-bond donors (Lipinski definition) is 2. The molecule has 2 rings (SSSR count). The Kier molecular flexibility index (Phi) is 3.25. The number of nitrogens with zero attached hydrogens (tertiary/aromatic N) is 3. The van der Waals surface area contributed by atoms with Gasteiger partial charge in [0.05, 0.1) is 17.2 Å². The lowest BCUT2D eigenvalue weighted by molar-refractivity contribution is -0.133. The average molecular weight is 268 g/mol. The van der Waals surface area contributed by atoms with E-state index in [0.29, 0.717) is 19.4 Å². The van der Waals surface area contributed by atoms with Crippen molar-refractivity contribution < 1.29 is 10.0 Å². The first-order valence-corrected chi connectivity index (χ1v) is 6.52. The predicted molar refractivity (Wildman–Crippen MR) is 68.4 cm³/mol. The summed E-state index contributed by atoms with van der Waals surface area (Å²) in [4.78, 5) is 18.2. The topological polar surface area (TPSA) is 91.8 Å².